The van der Waals surface area contributed by atoms with Crippen LogP contribution >= 0.6 is 0 Å². The molecule has 0 aromatic heterocycles. The molecule has 98 valence electrons. The van der Waals surface area contributed by atoms with Crippen molar-refractivity contribution < 1.29 is 9.53 Å². The number of carbonyl (C=O) groups is 1. The summed E-state index contributed by atoms with van der Waals surface area (Å²) in [7, 11) is 1.73. The van der Waals surface area contributed by atoms with Crippen LogP contribution in [0.2, 0.25) is 0 Å². The molecule has 0 N–H and O–H groups in total. The van der Waals surface area contributed by atoms with Gasteiger partial charge in [0.1, 0.15) is 5.78 Å². The normalized spacial score (nSPS) is 20.2. The summed E-state index contributed by atoms with van der Waals surface area (Å²) in [6, 6.07) is 8.42. The minimum Gasteiger partial charge on any atom is -0.384 e. The summed E-state index contributed by atoms with van der Waals surface area (Å²) in [6.07, 6.45) is 1.59. The fourth-order valence-electron chi connectivity index (χ4n) is 2.48. The average Bonchev–Trinajstić information content (AvgIpc) is 2.40. The monoisotopic (exact) mass is 247 g/mol. The van der Waals surface area contributed by atoms with Crippen LogP contribution < -0.4 is 4.90 Å². The molecular formula is C15H21NO2. The predicted molar refractivity (Wildman–Crippen MR) is 73.0 cm³/mol. The molecule has 1 aromatic rings. The number of methoxy groups -OCH3 is 1. The van der Waals surface area contributed by atoms with Gasteiger partial charge in [-0.1, -0.05) is 25.1 Å². The smallest absolute Gasteiger partial charge is 0.139 e. The van der Waals surface area contributed by atoms with Crippen molar-refractivity contribution >= 4 is 11.5 Å². The lowest BCUT2D eigenvalue weighted by atomic mass is 9.97. The number of hydrogen-bond acceptors (Lipinski definition) is 3. The molecule has 2 rings (SSSR count). The number of hydrogen-bond donors (Lipinski definition) is 0. The maximum Gasteiger partial charge on any atom is 0.139 e. The zero-order valence-electron chi connectivity index (χ0n) is 11.2. The van der Waals surface area contributed by atoms with E-state index in [-0.39, 0.29) is 5.92 Å². The van der Waals surface area contributed by atoms with Crippen molar-refractivity contribution in [2.24, 2.45) is 5.92 Å². The van der Waals surface area contributed by atoms with Gasteiger partial charge >= 0.3 is 0 Å². The van der Waals surface area contributed by atoms with E-state index in [9.17, 15) is 4.79 Å². The van der Waals surface area contributed by atoms with Crippen LogP contribution in [0.1, 0.15) is 18.9 Å². The van der Waals surface area contributed by atoms with Crippen LogP contribution in [0.25, 0.3) is 0 Å². The SMILES string of the molecule is COCCc1ccccc1N1CCC(=O)C(C)C1. The van der Waals surface area contributed by atoms with Crippen LogP contribution in [0.4, 0.5) is 5.69 Å². The Labute approximate surface area is 109 Å². The molecule has 0 bridgehead atoms. The second-order valence-corrected chi connectivity index (χ2v) is 4.93. The number of anilines is 1. The molecule has 0 saturated carbocycles. The highest BCUT2D eigenvalue weighted by atomic mass is 16.5. The zero-order valence-corrected chi connectivity index (χ0v) is 11.2. The van der Waals surface area contributed by atoms with Crippen molar-refractivity contribution in [1.82, 2.24) is 0 Å². The van der Waals surface area contributed by atoms with Gasteiger partial charge in [-0.3, -0.25) is 4.79 Å². The van der Waals surface area contributed by atoms with Crippen LogP contribution in [0, 0.1) is 5.92 Å². The fraction of sp³-hybridized carbons (Fsp3) is 0.533. The first-order valence-electron chi connectivity index (χ1n) is 6.57. The van der Waals surface area contributed by atoms with Gasteiger partial charge < -0.3 is 9.64 Å². The van der Waals surface area contributed by atoms with Crippen molar-refractivity contribution in [3.05, 3.63) is 29.8 Å². The van der Waals surface area contributed by atoms with Gasteiger partial charge in [-0.15, -0.1) is 0 Å². The second-order valence-electron chi connectivity index (χ2n) is 4.93. The number of Topliss-reactive ketones (excluding diaryl/α,β-unsaturated/α-hetero) is 1. The Kier molecular flexibility index (Phi) is 4.37. The second kappa shape index (κ2) is 6.01. The van der Waals surface area contributed by atoms with E-state index in [2.05, 4.69) is 29.2 Å². The van der Waals surface area contributed by atoms with Gasteiger partial charge in [0, 0.05) is 38.2 Å². The maximum atomic E-state index is 11.6. The number of ketones is 1. The molecule has 3 nitrogen and oxygen atoms in total. The van der Waals surface area contributed by atoms with E-state index in [0.717, 1.165) is 26.1 Å². The van der Waals surface area contributed by atoms with Gasteiger partial charge in [0.25, 0.3) is 0 Å². The van der Waals surface area contributed by atoms with E-state index in [1.165, 1.54) is 11.3 Å². The molecule has 0 radical (unpaired) electrons. The Morgan fingerprint density at radius 3 is 2.89 bits per heavy atom. The van der Waals surface area contributed by atoms with Crippen LogP contribution in [0.15, 0.2) is 24.3 Å². The summed E-state index contributed by atoms with van der Waals surface area (Å²) in [5.74, 6) is 0.537. The maximum absolute atomic E-state index is 11.6. The van der Waals surface area contributed by atoms with E-state index in [4.69, 9.17) is 4.74 Å². The minimum atomic E-state index is 0.147. The highest BCUT2D eigenvalue weighted by Crippen LogP contribution is 2.25. The van der Waals surface area contributed by atoms with E-state index in [1.54, 1.807) is 7.11 Å². The molecule has 1 heterocycles. The van der Waals surface area contributed by atoms with Gasteiger partial charge in [0.05, 0.1) is 6.61 Å². The van der Waals surface area contributed by atoms with Crippen LogP contribution in [-0.4, -0.2) is 32.6 Å². The third-order valence-corrected chi connectivity index (χ3v) is 3.58. The van der Waals surface area contributed by atoms with Gasteiger partial charge in [-0.2, -0.15) is 0 Å². The van der Waals surface area contributed by atoms with Crippen LogP contribution in [0.5, 0.6) is 0 Å². The van der Waals surface area contributed by atoms with Crippen molar-refractivity contribution in [3.63, 3.8) is 0 Å². The molecule has 0 amide bonds. The lowest BCUT2D eigenvalue weighted by molar-refractivity contribution is -0.122. The molecule has 0 spiro atoms. The Morgan fingerprint density at radius 2 is 2.17 bits per heavy atom. The number of carbonyl (C=O) groups excluding carboxylic acids is 1. The highest BCUT2D eigenvalue weighted by Gasteiger charge is 2.24. The first-order valence-corrected chi connectivity index (χ1v) is 6.57. The van der Waals surface area contributed by atoms with Crippen LogP contribution in [-0.2, 0) is 16.0 Å². The zero-order chi connectivity index (χ0) is 13.0. The van der Waals surface area contributed by atoms with E-state index >= 15 is 0 Å². The third-order valence-electron chi connectivity index (χ3n) is 3.58. The standard InChI is InChI=1S/C15H21NO2/c1-12-11-16(9-7-15(12)17)14-6-4-3-5-13(14)8-10-18-2/h3-6,12H,7-11H2,1-2H3. The summed E-state index contributed by atoms with van der Waals surface area (Å²) in [6.45, 7) is 4.43. The topological polar surface area (TPSA) is 29.5 Å². The van der Waals surface area contributed by atoms with Gasteiger partial charge in [-0.05, 0) is 18.1 Å². The third kappa shape index (κ3) is 2.91. The largest absolute Gasteiger partial charge is 0.384 e. The minimum absolute atomic E-state index is 0.147. The van der Waals surface area contributed by atoms with E-state index in [0.29, 0.717) is 12.2 Å². The molecule has 1 aliphatic rings. The van der Waals surface area contributed by atoms with Crippen LogP contribution in [0.3, 0.4) is 0 Å². The number of piperidine rings is 1. The average molecular weight is 247 g/mol. The Bertz CT molecular complexity index is 417. The van der Waals surface area contributed by atoms with Gasteiger partial charge in [-0.25, -0.2) is 0 Å². The first-order chi connectivity index (χ1) is 8.72. The lowest BCUT2D eigenvalue weighted by Gasteiger charge is -2.33. The lowest BCUT2D eigenvalue weighted by Crippen LogP contribution is -2.40. The molecule has 1 atom stereocenters. The molecule has 1 aliphatic heterocycles. The molecule has 1 unspecified atom stereocenters. The van der Waals surface area contributed by atoms with Crippen molar-refractivity contribution in [2.75, 3.05) is 31.7 Å². The van der Waals surface area contributed by atoms with Gasteiger partial charge in [0.15, 0.2) is 0 Å². The molecule has 1 aromatic carbocycles. The number of nitrogens with zero attached hydrogens (tertiary/aromatic N) is 1. The summed E-state index contributed by atoms with van der Waals surface area (Å²) < 4.78 is 5.15. The summed E-state index contributed by atoms with van der Waals surface area (Å²) in [4.78, 5) is 13.9. The Hall–Kier alpha value is -1.35. The van der Waals surface area contributed by atoms with Crippen molar-refractivity contribution in [3.8, 4) is 0 Å². The van der Waals surface area contributed by atoms with Crippen molar-refractivity contribution in [1.29, 1.82) is 0 Å². The Balaban J connectivity index is 2.14. The quantitative estimate of drug-likeness (QED) is 0.817. The molecule has 18 heavy (non-hydrogen) atoms. The summed E-state index contributed by atoms with van der Waals surface area (Å²) in [5.41, 5.74) is 2.56. The molecule has 0 aliphatic carbocycles. The number of ether oxygens (including phenoxy) is 1. The fourth-order valence-corrected chi connectivity index (χ4v) is 2.48. The molecular weight excluding hydrogens is 226 g/mol. The predicted octanol–water partition coefficient (Wildman–Crippen LogP) is 2.29. The summed E-state index contributed by atoms with van der Waals surface area (Å²) in [5, 5.41) is 0. The summed E-state index contributed by atoms with van der Waals surface area (Å²) >= 11 is 0. The first kappa shape index (κ1) is 13.1. The van der Waals surface area contributed by atoms with E-state index < -0.39 is 0 Å². The molecule has 1 fully saturated rings. The van der Waals surface area contributed by atoms with Gasteiger partial charge in [0.2, 0.25) is 0 Å². The molecule has 3 heteroatoms. The Morgan fingerprint density at radius 1 is 1.39 bits per heavy atom. The van der Waals surface area contributed by atoms with E-state index in [1.807, 2.05) is 6.92 Å². The highest BCUT2D eigenvalue weighted by molar-refractivity contribution is 5.83. The number of para-hydroxylation sites is 1. The number of benzene rings is 1. The number of rotatable bonds is 4. The van der Waals surface area contributed by atoms with Crippen molar-refractivity contribution in [2.45, 2.75) is 19.8 Å². The molecule has 1 saturated heterocycles.